The number of benzene rings is 1. The summed E-state index contributed by atoms with van der Waals surface area (Å²) in [5.41, 5.74) is 4.29. The monoisotopic (exact) mass is 287 g/mol. The van der Waals surface area contributed by atoms with Gasteiger partial charge in [0.2, 0.25) is 0 Å². The van der Waals surface area contributed by atoms with Crippen LogP contribution in [0.3, 0.4) is 0 Å². The maximum Gasteiger partial charge on any atom is 0.251 e. The molecule has 106 valence electrons. The molecule has 1 saturated carbocycles. The molecule has 0 saturated heterocycles. The fourth-order valence-corrected chi connectivity index (χ4v) is 2.92. The van der Waals surface area contributed by atoms with Gasteiger partial charge in [-0.25, -0.2) is 9.97 Å². The number of nitrogens with zero attached hydrogens (tertiary/aromatic N) is 5. The Morgan fingerprint density at radius 3 is 2.86 bits per heavy atom. The lowest BCUT2D eigenvalue weighted by molar-refractivity contribution is 0.904. The van der Waals surface area contributed by atoms with E-state index in [2.05, 4.69) is 33.3 Å². The molecule has 0 N–H and O–H groups in total. The SMILES string of the molecule is c1ccc2nc(C3CC3)c(-c3cnc4nccnn34)cc2c1. The highest BCUT2D eigenvalue weighted by atomic mass is 15.3. The first-order valence-corrected chi connectivity index (χ1v) is 7.45. The summed E-state index contributed by atoms with van der Waals surface area (Å²) in [5, 5.41) is 5.52. The van der Waals surface area contributed by atoms with E-state index in [1.54, 1.807) is 16.9 Å². The Kier molecular flexibility index (Phi) is 2.33. The highest BCUT2D eigenvalue weighted by Gasteiger charge is 2.29. The second-order valence-electron chi connectivity index (χ2n) is 5.69. The molecule has 0 amide bonds. The van der Waals surface area contributed by atoms with Gasteiger partial charge in [0.15, 0.2) is 0 Å². The Bertz CT molecular complexity index is 1000. The van der Waals surface area contributed by atoms with E-state index in [1.165, 1.54) is 12.8 Å². The van der Waals surface area contributed by atoms with Crippen LogP contribution >= 0.6 is 0 Å². The van der Waals surface area contributed by atoms with Crippen LogP contribution < -0.4 is 0 Å². The Morgan fingerprint density at radius 2 is 1.95 bits per heavy atom. The summed E-state index contributed by atoms with van der Waals surface area (Å²) in [4.78, 5) is 13.5. The minimum atomic E-state index is 0.557. The fourth-order valence-electron chi connectivity index (χ4n) is 2.92. The number of rotatable bonds is 2. The van der Waals surface area contributed by atoms with Crippen LogP contribution in [0.15, 0.2) is 48.9 Å². The van der Waals surface area contributed by atoms with Crippen molar-refractivity contribution in [3.63, 3.8) is 0 Å². The third kappa shape index (κ3) is 1.72. The summed E-state index contributed by atoms with van der Waals surface area (Å²) in [6.07, 6.45) is 7.60. The molecule has 0 bridgehead atoms. The van der Waals surface area contributed by atoms with Crippen LogP contribution in [0.2, 0.25) is 0 Å². The summed E-state index contributed by atoms with van der Waals surface area (Å²) < 4.78 is 1.79. The van der Waals surface area contributed by atoms with Crippen LogP contribution in [0.1, 0.15) is 24.5 Å². The van der Waals surface area contributed by atoms with Crippen molar-refractivity contribution in [2.75, 3.05) is 0 Å². The molecule has 5 heteroatoms. The van der Waals surface area contributed by atoms with Gasteiger partial charge in [0.1, 0.15) is 0 Å². The van der Waals surface area contributed by atoms with Gasteiger partial charge in [0.25, 0.3) is 5.78 Å². The average Bonchev–Trinajstić information content (AvgIpc) is 3.33. The van der Waals surface area contributed by atoms with E-state index in [4.69, 9.17) is 4.98 Å². The molecule has 0 radical (unpaired) electrons. The molecule has 1 aliphatic rings. The number of imidazole rings is 1. The second-order valence-corrected chi connectivity index (χ2v) is 5.69. The Labute approximate surface area is 126 Å². The molecule has 1 aliphatic carbocycles. The van der Waals surface area contributed by atoms with E-state index in [9.17, 15) is 0 Å². The van der Waals surface area contributed by atoms with Crippen molar-refractivity contribution in [2.45, 2.75) is 18.8 Å². The van der Waals surface area contributed by atoms with Crippen LogP contribution in [0.4, 0.5) is 0 Å². The molecule has 1 fully saturated rings. The molecule has 22 heavy (non-hydrogen) atoms. The largest absolute Gasteiger partial charge is 0.252 e. The zero-order chi connectivity index (χ0) is 14.5. The van der Waals surface area contributed by atoms with Crippen molar-refractivity contribution in [3.8, 4) is 11.3 Å². The third-order valence-electron chi connectivity index (χ3n) is 4.15. The first-order chi connectivity index (χ1) is 10.9. The summed E-state index contributed by atoms with van der Waals surface area (Å²) in [6, 6.07) is 10.4. The molecule has 3 aromatic heterocycles. The van der Waals surface area contributed by atoms with Gasteiger partial charge in [-0.3, -0.25) is 4.98 Å². The average molecular weight is 287 g/mol. The predicted octanol–water partition coefficient (Wildman–Crippen LogP) is 3.22. The maximum atomic E-state index is 4.91. The van der Waals surface area contributed by atoms with Gasteiger partial charge < -0.3 is 0 Å². The first kappa shape index (κ1) is 11.8. The van der Waals surface area contributed by atoms with Gasteiger partial charge in [-0.15, -0.1) is 0 Å². The van der Waals surface area contributed by atoms with Crippen LogP contribution in [0.25, 0.3) is 27.9 Å². The van der Waals surface area contributed by atoms with E-state index in [0.717, 1.165) is 27.9 Å². The molecule has 1 aromatic carbocycles. The van der Waals surface area contributed by atoms with Crippen LogP contribution in [0.5, 0.6) is 0 Å². The fraction of sp³-hybridized carbons (Fsp3) is 0.176. The summed E-state index contributed by atoms with van der Waals surface area (Å²) >= 11 is 0. The van der Waals surface area contributed by atoms with Crippen molar-refractivity contribution in [1.82, 2.24) is 24.6 Å². The molecule has 0 unspecified atom stereocenters. The summed E-state index contributed by atoms with van der Waals surface area (Å²) in [6.45, 7) is 0. The highest BCUT2D eigenvalue weighted by Crippen LogP contribution is 2.44. The molecule has 0 atom stereocenters. The Morgan fingerprint density at radius 1 is 1.05 bits per heavy atom. The minimum absolute atomic E-state index is 0.557. The molecule has 5 nitrogen and oxygen atoms in total. The van der Waals surface area contributed by atoms with E-state index in [0.29, 0.717) is 11.7 Å². The maximum absolute atomic E-state index is 4.91. The van der Waals surface area contributed by atoms with E-state index in [-0.39, 0.29) is 0 Å². The summed E-state index contributed by atoms with van der Waals surface area (Å²) in [5.74, 6) is 1.18. The van der Waals surface area contributed by atoms with Gasteiger partial charge >= 0.3 is 0 Å². The van der Waals surface area contributed by atoms with Crippen LogP contribution in [-0.4, -0.2) is 24.6 Å². The van der Waals surface area contributed by atoms with Crippen molar-refractivity contribution in [1.29, 1.82) is 0 Å². The lowest BCUT2D eigenvalue weighted by Crippen LogP contribution is -1.99. The van der Waals surface area contributed by atoms with Gasteiger partial charge in [-0.1, -0.05) is 18.2 Å². The standard InChI is InChI=1S/C17H13N5/c1-2-4-14-12(3-1)9-13(16(21-14)11-5-6-11)15-10-19-17-18-7-8-20-22(15)17/h1-4,7-11H,5-6H2. The highest BCUT2D eigenvalue weighted by molar-refractivity contribution is 5.84. The van der Waals surface area contributed by atoms with E-state index < -0.39 is 0 Å². The van der Waals surface area contributed by atoms with Crippen LogP contribution in [-0.2, 0) is 0 Å². The van der Waals surface area contributed by atoms with Gasteiger partial charge in [-0.05, 0) is 25.0 Å². The lowest BCUT2D eigenvalue weighted by atomic mass is 10.0. The predicted molar refractivity (Wildman–Crippen MR) is 83.5 cm³/mol. The van der Waals surface area contributed by atoms with Crippen molar-refractivity contribution in [2.24, 2.45) is 0 Å². The first-order valence-electron chi connectivity index (χ1n) is 7.45. The number of pyridine rings is 1. The number of fused-ring (bicyclic) bond motifs is 2. The minimum Gasteiger partial charge on any atom is -0.252 e. The summed E-state index contributed by atoms with van der Waals surface area (Å²) in [7, 11) is 0. The van der Waals surface area contributed by atoms with Gasteiger partial charge in [0.05, 0.1) is 35.5 Å². The number of aromatic nitrogens is 5. The molecular formula is C17H13N5. The lowest BCUT2D eigenvalue weighted by Gasteiger charge is -2.09. The number of hydrogen-bond acceptors (Lipinski definition) is 4. The molecule has 3 heterocycles. The quantitative estimate of drug-likeness (QED) is 0.568. The van der Waals surface area contributed by atoms with Gasteiger partial charge in [-0.2, -0.15) is 9.61 Å². The van der Waals surface area contributed by atoms with E-state index >= 15 is 0 Å². The smallest absolute Gasteiger partial charge is 0.251 e. The zero-order valence-corrected chi connectivity index (χ0v) is 11.8. The molecule has 0 aliphatic heterocycles. The Balaban J connectivity index is 1.84. The van der Waals surface area contributed by atoms with Crippen molar-refractivity contribution >= 4 is 16.7 Å². The number of hydrogen-bond donors (Lipinski definition) is 0. The van der Waals surface area contributed by atoms with Gasteiger partial charge in [0, 0.05) is 16.9 Å². The topological polar surface area (TPSA) is 56.0 Å². The number of para-hydroxylation sites is 1. The third-order valence-corrected chi connectivity index (χ3v) is 4.15. The van der Waals surface area contributed by atoms with Crippen molar-refractivity contribution < 1.29 is 0 Å². The zero-order valence-electron chi connectivity index (χ0n) is 11.8. The molecular weight excluding hydrogens is 274 g/mol. The van der Waals surface area contributed by atoms with E-state index in [1.807, 2.05) is 18.3 Å². The molecule has 4 aromatic rings. The Hall–Kier alpha value is -2.82. The molecule has 5 rings (SSSR count). The molecule has 0 spiro atoms. The van der Waals surface area contributed by atoms with Crippen molar-refractivity contribution in [3.05, 3.63) is 54.6 Å². The second kappa shape index (κ2) is 4.34. The normalized spacial score (nSPS) is 14.7. The van der Waals surface area contributed by atoms with Crippen LogP contribution in [0, 0.1) is 0 Å².